The van der Waals surface area contributed by atoms with Crippen molar-refractivity contribution in [1.82, 2.24) is 4.90 Å². The maximum absolute atomic E-state index is 11.6. The van der Waals surface area contributed by atoms with Crippen molar-refractivity contribution in [2.45, 2.75) is 19.2 Å². The summed E-state index contributed by atoms with van der Waals surface area (Å²) < 4.78 is 0. The van der Waals surface area contributed by atoms with Crippen LogP contribution in [0, 0.1) is 11.8 Å². The molecule has 15 heavy (non-hydrogen) atoms. The molecule has 0 aromatic carbocycles. The molecule has 0 N–H and O–H groups in total. The minimum absolute atomic E-state index is 0. The van der Waals surface area contributed by atoms with E-state index in [2.05, 4.69) is 0 Å². The van der Waals surface area contributed by atoms with Gasteiger partial charge in [0.2, 0.25) is 5.91 Å². The van der Waals surface area contributed by atoms with Crippen LogP contribution in [0.15, 0.2) is 11.1 Å². The molecule has 76 valence electrons. The number of carbonyl (C=O) groups is 2. The summed E-state index contributed by atoms with van der Waals surface area (Å²) in [5.74, 6) is -1.15. The van der Waals surface area contributed by atoms with Gasteiger partial charge < -0.3 is 9.90 Å². The van der Waals surface area contributed by atoms with Crippen molar-refractivity contribution in [3.8, 4) is 0 Å². The van der Waals surface area contributed by atoms with E-state index < -0.39 is 5.97 Å². The Morgan fingerprint density at radius 3 is 2.67 bits per heavy atom. The summed E-state index contributed by atoms with van der Waals surface area (Å²) in [6, 6.07) is 0. The van der Waals surface area contributed by atoms with Crippen molar-refractivity contribution in [3.05, 3.63) is 11.1 Å². The molecule has 2 heterocycles. The van der Waals surface area contributed by atoms with E-state index in [4.69, 9.17) is 0 Å². The molecule has 2 rings (SSSR count). The van der Waals surface area contributed by atoms with Crippen LogP contribution >= 0.6 is 11.8 Å². The zero-order chi connectivity index (χ0) is 10.5. The maximum Gasteiger partial charge on any atom is 1.00 e. The molecule has 1 saturated heterocycles. The standard InChI is InChI=1S/C9H11NO3S.Na/c1-4(2)6-7(11)10-5(9(12)13)3-14-8(6)10;/h3-4,6,8H,1-2H3,(H,12,13);/q;+1/p-1/t6-,8-;/m0./s1. The Morgan fingerprint density at radius 2 is 2.20 bits per heavy atom. The van der Waals surface area contributed by atoms with Gasteiger partial charge in [-0.05, 0) is 11.3 Å². The number of β-lactam (4-membered cyclic amide) rings is 1. The van der Waals surface area contributed by atoms with Crippen LogP contribution in [0.25, 0.3) is 0 Å². The zero-order valence-electron chi connectivity index (χ0n) is 8.89. The monoisotopic (exact) mass is 235 g/mol. The Kier molecular flexibility index (Phi) is 3.92. The minimum Gasteiger partial charge on any atom is -0.543 e. The molecule has 1 amide bonds. The van der Waals surface area contributed by atoms with Gasteiger partial charge >= 0.3 is 29.6 Å². The van der Waals surface area contributed by atoms with Gasteiger partial charge in [-0.3, -0.25) is 9.69 Å². The van der Waals surface area contributed by atoms with Crippen LogP contribution in [0.5, 0.6) is 0 Å². The van der Waals surface area contributed by atoms with Gasteiger partial charge in [0, 0.05) is 0 Å². The first-order valence-corrected chi connectivity index (χ1v) is 5.38. The molecule has 4 nitrogen and oxygen atoms in total. The number of carbonyl (C=O) groups excluding carboxylic acids is 2. The molecular weight excluding hydrogens is 225 g/mol. The van der Waals surface area contributed by atoms with E-state index in [0.29, 0.717) is 0 Å². The summed E-state index contributed by atoms with van der Waals surface area (Å²) >= 11 is 1.39. The second-order valence-corrected chi connectivity index (χ2v) is 4.79. The number of nitrogens with zero attached hydrogens (tertiary/aromatic N) is 1. The third kappa shape index (κ3) is 1.86. The normalized spacial score (nSPS) is 28.1. The fraction of sp³-hybridized carbons (Fsp3) is 0.556. The second kappa shape index (κ2) is 4.49. The summed E-state index contributed by atoms with van der Waals surface area (Å²) in [6.07, 6.45) is 0. The average molecular weight is 235 g/mol. The molecular formula is C9H10NNaO3S. The molecule has 1 fully saturated rings. The third-order valence-corrected chi connectivity index (χ3v) is 3.73. The van der Waals surface area contributed by atoms with Crippen molar-refractivity contribution >= 4 is 23.6 Å². The van der Waals surface area contributed by atoms with E-state index in [1.54, 1.807) is 0 Å². The number of hydrogen-bond acceptors (Lipinski definition) is 4. The number of thioether (sulfide) groups is 1. The molecule has 0 bridgehead atoms. The van der Waals surface area contributed by atoms with Gasteiger partial charge in [-0.15, -0.1) is 11.8 Å². The molecule has 0 radical (unpaired) electrons. The fourth-order valence-corrected chi connectivity index (χ4v) is 3.26. The fourth-order valence-electron chi connectivity index (χ4n) is 1.84. The number of amides is 1. The summed E-state index contributed by atoms with van der Waals surface area (Å²) in [5.41, 5.74) is 0.0156. The Hall–Kier alpha value is 0.0300. The number of carboxylic acid groups (broad SMARTS) is 1. The zero-order valence-corrected chi connectivity index (χ0v) is 11.7. The van der Waals surface area contributed by atoms with Crippen LogP contribution in [-0.2, 0) is 9.59 Å². The van der Waals surface area contributed by atoms with Crippen molar-refractivity contribution in [2.75, 3.05) is 0 Å². The third-order valence-electron chi connectivity index (χ3n) is 2.59. The quantitative estimate of drug-likeness (QED) is 0.373. The van der Waals surface area contributed by atoms with Crippen LogP contribution in [0.4, 0.5) is 0 Å². The van der Waals surface area contributed by atoms with E-state index in [9.17, 15) is 14.7 Å². The Balaban J connectivity index is 0.00000112. The number of fused-ring (bicyclic) bond motifs is 1. The molecule has 2 atom stereocenters. The molecule has 0 unspecified atom stereocenters. The molecule has 0 aromatic rings. The van der Waals surface area contributed by atoms with Crippen molar-refractivity contribution in [1.29, 1.82) is 0 Å². The first kappa shape index (κ1) is 13.1. The molecule has 2 aliphatic rings. The van der Waals surface area contributed by atoms with Gasteiger partial charge in [-0.25, -0.2) is 0 Å². The molecule has 0 saturated carbocycles. The van der Waals surface area contributed by atoms with Crippen LogP contribution in [0.2, 0.25) is 0 Å². The SMILES string of the molecule is CC(C)[C@H]1C(=O)N2C(C(=O)[O-])=CS[C@@H]12.[Na+]. The van der Waals surface area contributed by atoms with E-state index >= 15 is 0 Å². The summed E-state index contributed by atoms with van der Waals surface area (Å²) in [5, 5.41) is 12.1. The smallest absolute Gasteiger partial charge is 0.543 e. The minimum atomic E-state index is -1.27. The van der Waals surface area contributed by atoms with Crippen LogP contribution in [-0.4, -0.2) is 22.2 Å². The predicted octanol–water partition coefficient (Wildman–Crippen LogP) is -3.23. The summed E-state index contributed by atoms with van der Waals surface area (Å²) in [4.78, 5) is 23.5. The van der Waals surface area contributed by atoms with E-state index in [0.717, 1.165) is 0 Å². The van der Waals surface area contributed by atoms with Crippen LogP contribution in [0.1, 0.15) is 13.8 Å². The number of hydrogen-bond donors (Lipinski definition) is 0. The first-order valence-electron chi connectivity index (χ1n) is 4.44. The summed E-state index contributed by atoms with van der Waals surface area (Å²) in [7, 11) is 0. The van der Waals surface area contributed by atoms with Crippen molar-refractivity contribution in [3.63, 3.8) is 0 Å². The Labute approximate surface area is 114 Å². The second-order valence-electron chi connectivity index (χ2n) is 3.80. The van der Waals surface area contributed by atoms with Crippen LogP contribution in [0.3, 0.4) is 0 Å². The van der Waals surface area contributed by atoms with Crippen LogP contribution < -0.4 is 34.7 Å². The molecule has 0 spiro atoms. The van der Waals surface area contributed by atoms with Crippen molar-refractivity contribution < 1.29 is 44.3 Å². The number of carboxylic acids is 1. The predicted molar refractivity (Wildman–Crippen MR) is 49.6 cm³/mol. The Bertz CT molecular complexity index is 342. The van der Waals surface area contributed by atoms with Gasteiger partial charge in [-0.1, -0.05) is 13.8 Å². The van der Waals surface area contributed by atoms with E-state index in [-0.39, 0.29) is 58.4 Å². The van der Waals surface area contributed by atoms with Gasteiger partial charge in [-0.2, -0.15) is 0 Å². The molecule has 0 aliphatic carbocycles. The number of aliphatic carboxylic acids is 1. The van der Waals surface area contributed by atoms with Gasteiger partial charge in [0.15, 0.2) is 0 Å². The Morgan fingerprint density at radius 1 is 1.60 bits per heavy atom. The van der Waals surface area contributed by atoms with Gasteiger partial charge in [0.05, 0.1) is 23.0 Å². The maximum atomic E-state index is 11.6. The summed E-state index contributed by atoms with van der Waals surface area (Å²) in [6.45, 7) is 3.94. The molecule has 2 aliphatic heterocycles. The largest absolute Gasteiger partial charge is 1.00 e. The van der Waals surface area contributed by atoms with Gasteiger partial charge in [0.1, 0.15) is 0 Å². The van der Waals surface area contributed by atoms with E-state index in [1.165, 1.54) is 22.1 Å². The molecule has 6 heteroatoms. The number of rotatable bonds is 2. The average Bonchev–Trinajstić information content (AvgIpc) is 2.42. The van der Waals surface area contributed by atoms with Crippen molar-refractivity contribution in [2.24, 2.45) is 11.8 Å². The topological polar surface area (TPSA) is 60.4 Å². The van der Waals surface area contributed by atoms with E-state index in [1.807, 2.05) is 13.8 Å². The molecule has 0 aromatic heterocycles. The van der Waals surface area contributed by atoms with Gasteiger partial charge in [0.25, 0.3) is 0 Å². The first-order chi connectivity index (χ1) is 6.54.